The van der Waals surface area contributed by atoms with Crippen LogP contribution in [0, 0.1) is 0 Å². The lowest BCUT2D eigenvalue weighted by molar-refractivity contribution is 0.657. The van der Waals surface area contributed by atoms with Crippen LogP contribution in [0.3, 0.4) is 0 Å². The third kappa shape index (κ3) is 3.99. The van der Waals surface area contributed by atoms with Crippen LogP contribution in [0.5, 0.6) is 0 Å². The number of hydrogen-bond acceptors (Lipinski definition) is 1. The molecule has 1 aliphatic rings. The highest BCUT2D eigenvalue weighted by atomic mass is 16.3. The summed E-state index contributed by atoms with van der Waals surface area (Å²) in [4.78, 5) is 0. The zero-order valence-corrected chi connectivity index (χ0v) is 29.1. The molecule has 1 nitrogen and oxygen atoms in total. The zero-order valence-electron chi connectivity index (χ0n) is 29.1. The van der Waals surface area contributed by atoms with Gasteiger partial charge in [0, 0.05) is 21.8 Å². The first-order valence-electron chi connectivity index (χ1n) is 18.2. The maximum absolute atomic E-state index is 6.86. The molecule has 1 heteroatoms. The maximum atomic E-state index is 6.86. The highest BCUT2D eigenvalue weighted by molar-refractivity contribution is 6.22. The molecule has 0 spiro atoms. The van der Waals surface area contributed by atoms with E-state index in [1.807, 2.05) is 0 Å². The predicted octanol–water partition coefficient (Wildman–Crippen LogP) is 14.4. The first-order chi connectivity index (χ1) is 25.6. The van der Waals surface area contributed by atoms with Gasteiger partial charge in [-0.15, -0.1) is 0 Å². The second kappa shape index (κ2) is 10.8. The Labute approximate surface area is 302 Å². The Bertz CT molecular complexity index is 3010. The van der Waals surface area contributed by atoms with E-state index >= 15 is 0 Å². The van der Waals surface area contributed by atoms with Gasteiger partial charge < -0.3 is 4.42 Å². The SMILES string of the molecule is CC1(C)c2cc(-c3ccc(-c4c5ccccc5c(-c5ccccc5)c5ccccc45)cc3)c3c(oc4ccccc43)c2-c2ccc3ccccc3c21. The summed E-state index contributed by atoms with van der Waals surface area (Å²) in [5.74, 6) is 0. The third-order valence-corrected chi connectivity index (χ3v) is 11.6. The fourth-order valence-corrected chi connectivity index (χ4v) is 9.35. The lowest BCUT2D eigenvalue weighted by Gasteiger charge is -2.24. The van der Waals surface area contributed by atoms with E-state index in [1.54, 1.807) is 0 Å². The van der Waals surface area contributed by atoms with Gasteiger partial charge in [0.1, 0.15) is 11.2 Å². The van der Waals surface area contributed by atoms with Gasteiger partial charge in [-0.25, -0.2) is 0 Å². The molecule has 10 aromatic rings. The second-order valence-electron chi connectivity index (χ2n) is 14.8. The van der Waals surface area contributed by atoms with Gasteiger partial charge in [0.15, 0.2) is 0 Å². The molecule has 9 aromatic carbocycles. The average Bonchev–Trinajstić information content (AvgIpc) is 3.69. The quantitative estimate of drug-likeness (QED) is 0.172. The molecule has 52 heavy (non-hydrogen) atoms. The highest BCUT2D eigenvalue weighted by Gasteiger charge is 2.40. The molecular weight excluding hydrogens is 629 g/mol. The van der Waals surface area contributed by atoms with Crippen molar-refractivity contribution in [3.05, 3.63) is 181 Å². The van der Waals surface area contributed by atoms with Crippen molar-refractivity contribution in [2.75, 3.05) is 0 Å². The van der Waals surface area contributed by atoms with E-state index in [2.05, 4.69) is 184 Å². The van der Waals surface area contributed by atoms with Crippen LogP contribution < -0.4 is 0 Å². The summed E-state index contributed by atoms with van der Waals surface area (Å²) in [5.41, 5.74) is 14.3. The lowest BCUT2D eigenvalue weighted by Crippen LogP contribution is -2.15. The molecule has 0 amide bonds. The smallest absolute Gasteiger partial charge is 0.144 e. The van der Waals surface area contributed by atoms with Crippen molar-refractivity contribution >= 4 is 54.3 Å². The van der Waals surface area contributed by atoms with E-state index in [1.165, 1.54) is 93.3 Å². The summed E-state index contributed by atoms with van der Waals surface area (Å²) >= 11 is 0. The minimum absolute atomic E-state index is 0.203. The summed E-state index contributed by atoms with van der Waals surface area (Å²) in [7, 11) is 0. The predicted molar refractivity (Wildman–Crippen MR) is 220 cm³/mol. The Kier molecular flexibility index (Phi) is 6.08. The Hall–Kier alpha value is -6.44. The largest absolute Gasteiger partial charge is 0.455 e. The number of hydrogen-bond donors (Lipinski definition) is 0. The van der Waals surface area contributed by atoms with Crippen LogP contribution in [0.1, 0.15) is 25.0 Å². The molecule has 11 rings (SSSR count). The number of benzene rings is 9. The van der Waals surface area contributed by atoms with Crippen molar-refractivity contribution in [2.24, 2.45) is 0 Å². The van der Waals surface area contributed by atoms with Gasteiger partial charge >= 0.3 is 0 Å². The minimum atomic E-state index is -0.203. The van der Waals surface area contributed by atoms with Gasteiger partial charge in [-0.05, 0) is 94.5 Å². The Morgan fingerprint density at radius 2 is 0.923 bits per heavy atom. The van der Waals surface area contributed by atoms with Crippen LogP contribution in [0.15, 0.2) is 174 Å². The van der Waals surface area contributed by atoms with Crippen molar-refractivity contribution < 1.29 is 4.42 Å². The van der Waals surface area contributed by atoms with Crippen molar-refractivity contribution in [1.82, 2.24) is 0 Å². The van der Waals surface area contributed by atoms with Gasteiger partial charge in [0.05, 0.1) is 0 Å². The zero-order chi connectivity index (χ0) is 34.6. The van der Waals surface area contributed by atoms with Crippen LogP contribution in [0.2, 0.25) is 0 Å². The van der Waals surface area contributed by atoms with E-state index in [-0.39, 0.29) is 5.41 Å². The summed E-state index contributed by atoms with van der Waals surface area (Å²) in [6, 6.07) is 62.2. The number of rotatable bonds is 3. The molecule has 0 saturated carbocycles. The summed E-state index contributed by atoms with van der Waals surface area (Å²) in [5, 5.41) is 9.99. The molecule has 0 bridgehead atoms. The molecule has 1 aliphatic carbocycles. The van der Waals surface area contributed by atoms with Crippen LogP contribution in [0.4, 0.5) is 0 Å². The van der Waals surface area contributed by atoms with Crippen molar-refractivity contribution in [3.8, 4) is 44.5 Å². The molecule has 0 aliphatic heterocycles. The van der Waals surface area contributed by atoms with Gasteiger partial charge in [-0.1, -0.05) is 172 Å². The van der Waals surface area contributed by atoms with Gasteiger partial charge in [0.25, 0.3) is 0 Å². The fraction of sp³-hybridized carbons (Fsp3) is 0.0588. The van der Waals surface area contributed by atoms with Crippen LogP contribution in [-0.4, -0.2) is 0 Å². The molecule has 0 unspecified atom stereocenters. The molecule has 0 fully saturated rings. The van der Waals surface area contributed by atoms with Gasteiger partial charge in [-0.3, -0.25) is 0 Å². The fourth-order valence-electron chi connectivity index (χ4n) is 9.35. The molecular formula is C51H34O. The molecule has 0 saturated heterocycles. The summed E-state index contributed by atoms with van der Waals surface area (Å²) in [6.07, 6.45) is 0. The van der Waals surface area contributed by atoms with Crippen LogP contribution >= 0.6 is 0 Å². The summed E-state index contributed by atoms with van der Waals surface area (Å²) < 4.78 is 6.86. The number of fused-ring (bicyclic) bond motifs is 11. The Morgan fingerprint density at radius 1 is 0.404 bits per heavy atom. The van der Waals surface area contributed by atoms with Crippen molar-refractivity contribution in [3.63, 3.8) is 0 Å². The Balaban J connectivity index is 1.15. The van der Waals surface area contributed by atoms with Gasteiger partial charge in [-0.2, -0.15) is 0 Å². The first-order valence-corrected chi connectivity index (χ1v) is 18.2. The van der Waals surface area contributed by atoms with Crippen LogP contribution in [-0.2, 0) is 5.41 Å². The normalized spacial score (nSPS) is 13.3. The van der Waals surface area contributed by atoms with E-state index in [4.69, 9.17) is 4.42 Å². The molecule has 244 valence electrons. The van der Waals surface area contributed by atoms with Gasteiger partial charge in [0.2, 0.25) is 0 Å². The van der Waals surface area contributed by atoms with Crippen molar-refractivity contribution in [1.29, 1.82) is 0 Å². The first kappa shape index (κ1) is 29.3. The monoisotopic (exact) mass is 662 g/mol. The topological polar surface area (TPSA) is 13.1 Å². The van der Waals surface area contributed by atoms with E-state index in [0.717, 1.165) is 16.6 Å². The van der Waals surface area contributed by atoms with E-state index in [0.29, 0.717) is 0 Å². The highest BCUT2D eigenvalue weighted by Crippen LogP contribution is 2.56. The molecule has 0 radical (unpaired) electrons. The lowest BCUT2D eigenvalue weighted by atomic mass is 9.79. The average molecular weight is 663 g/mol. The second-order valence-corrected chi connectivity index (χ2v) is 14.8. The standard InChI is InChI=1S/C51H34O/c1-51(2)43-30-42(47-40-22-12-13-23-44(40)52-50(47)48(43)41-29-28-31-14-6-7-17-35(31)49(41)51)32-24-26-34(27-25-32)46-38-20-10-8-18-36(38)45(33-15-4-3-5-16-33)37-19-9-11-21-39(37)46/h3-30H,1-2H3. The minimum Gasteiger partial charge on any atom is -0.455 e. The maximum Gasteiger partial charge on any atom is 0.144 e. The molecule has 1 aromatic heterocycles. The van der Waals surface area contributed by atoms with Crippen LogP contribution in [0.25, 0.3) is 98.8 Å². The van der Waals surface area contributed by atoms with E-state index < -0.39 is 0 Å². The number of para-hydroxylation sites is 1. The Morgan fingerprint density at radius 3 is 1.58 bits per heavy atom. The van der Waals surface area contributed by atoms with Crippen molar-refractivity contribution in [2.45, 2.75) is 19.3 Å². The van der Waals surface area contributed by atoms with E-state index in [9.17, 15) is 0 Å². The molecule has 0 atom stereocenters. The molecule has 0 N–H and O–H groups in total. The number of furan rings is 1. The molecule has 1 heterocycles. The summed E-state index contributed by atoms with van der Waals surface area (Å²) in [6.45, 7) is 4.75. The third-order valence-electron chi connectivity index (χ3n) is 11.6.